The van der Waals surface area contributed by atoms with Gasteiger partial charge in [0.1, 0.15) is 6.33 Å². The molecule has 8 heteroatoms. The number of carbonyl (C=O) groups is 1. The molecule has 1 amide bonds. The van der Waals surface area contributed by atoms with Gasteiger partial charge in [0.05, 0.1) is 29.3 Å². The molecule has 8 nitrogen and oxygen atoms in total. The molecule has 0 saturated carbocycles. The Balaban J connectivity index is 1.33. The zero-order valence-corrected chi connectivity index (χ0v) is 17.1. The third-order valence-electron chi connectivity index (χ3n) is 5.37. The molecule has 5 aromatic rings. The molecule has 0 spiro atoms. The highest BCUT2D eigenvalue weighted by Crippen LogP contribution is 2.25. The molecule has 3 heterocycles. The SMILES string of the molecule is Cc1noc(NC(=O)Cc2ccc(-n3cnc4cc(-c5cn[nH]c5)ccc43)cc2)c1C. The van der Waals surface area contributed by atoms with Gasteiger partial charge in [-0.1, -0.05) is 23.4 Å². The Bertz CT molecular complexity index is 1360. The molecule has 0 atom stereocenters. The summed E-state index contributed by atoms with van der Waals surface area (Å²) in [5, 5.41) is 13.5. The van der Waals surface area contributed by atoms with Gasteiger partial charge in [0.25, 0.3) is 0 Å². The number of aromatic nitrogens is 5. The summed E-state index contributed by atoms with van der Waals surface area (Å²) in [7, 11) is 0. The van der Waals surface area contributed by atoms with Gasteiger partial charge < -0.3 is 4.52 Å². The zero-order chi connectivity index (χ0) is 21.4. The summed E-state index contributed by atoms with van der Waals surface area (Å²) in [5.74, 6) is 0.255. The van der Waals surface area contributed by atoms with Crippen molar-refractivity contribution in [2.75, 3.05) is 5.32 Å². The Morgan fingerprint density at radius 3 is 2.68 bits per heavy atom. The molecule has 0 radical (unpaired) electrons. The number of fused-ring (bicyclic) bond motifs is 1. The van der Waals surface area contributed by atoms with Gasteiger partial charge in [-0.3, -0.25) is 19.8 Å². The molecule has 31 heavy (non-hydrogen) atoms. The number of aryl methyl sites for hydroxylation is 1. The number of hydrogen-bond acceptors (Lipinski definition) is 5. The zero-order valence-electron chi connectivity index (χ0n) is 17.1. The van der Waals surface area contributed by atoms with E-state index >= 15 is 0 Å². The maximum absolute atomic E-state index is 12.3. The van der Waals surface area contributed by atoms with Crippen molar-refractivity contribution in [3.8, 4) is 16.8 Å². The fourth-order valence-corrected chi connectivity index (χ4v) is 3.47. The number of nitrogens with one attached hydrogen (secondary N) is 2. The lowest BCUT2D eigenvalue weighted by atomic mass is 10.1. The molecular weight excluding hydrogens is 392 g/mol. The van der Waals surface area contributed by atoms with Gasteiger partial charge in [0.2, 0.25) is 11.8 Å². The fraction of sp³-hybridized carbons (Fsp3) is 0.130. The average molecular weight is 412 g/mol. The van der Waals surface area contributed by atoms with E-state index < -0.39 is 0 Å². The molecule has 0 fully saturated rings. The highest BCUT2D eigenvalue weighted by Gasteiger charge is 2.13. The van der Waals surface area contributed by atoms with E-state index in [4.69, 9.17) is 4.52 Å². The van der Waals surface area contributed by atoms with Gasteiger partial charge in [0.15, 0.2) is 0 Å². The van der Waals surface area contributed by atoms with E-state index in [9.17, 15) is 4.79 Å². The van der Waals surface area contributed by atoms with Gasteiger partial charge in [-0.05, 0) is 49.2 Å². The normalized spacial score (nSPS) is 11.2. The lowest BCUT2D eigenvalue weighted by molar-refractivity contribution is -0.115. The van der Waals surface area contributed by atoms with Crippen molar-refractivity contribution >= 4 is 22.8 Å². The molecule has 3 aromatic heterocycles. The number of carbonyl (C=O) groups excluding carboxylic acids is 1. The number of hydrogen-bond donors (Lipinski definition) is 2. The number of H-pyrrole nitrogens is 1. The van der Waals surface area contributed by atoms with Crippen LogP contribution >= 0.6 is 0 Å². The van der Waals surface area contributed by atoms with Crippen LogP contribution in [0.4, 0.5) is 5.88 Å². The van der Waals surface area contributed by atoms with Crippen molar-refractivity contribution in [3.63, 3.8) is 0 Å². The standard InChI is InChI=1S/C23H20N6O2/c1-14-15(2)28-31-23(14)27-22(30)9-16-3-6-19(7-4-16)29-13-24-20-10-17(5-8-21(20)29)18-11-25-26-12-18/h3-8,10-13H,9H2,1-2H3,(H,25,26)(H,27,30). The average Bonchev–Trinajstić information content (AvgIpc) is 3.51. The Hall–Kier alpha value is -4.20. The van der Waals surface area contributed by atoms with E-state index in [2.05, 4.69) is 31.7 Å². The molecule has 0 aliphatic rings. The van der Waals surface area contributed by atoms with Crippen LogP contribution in [0.25, 0.3) is 27.8 Å². The first-order valence-corrected chi connectivity index (χ1v) is 9.87. The number of benzene rings is 2. The van der Waals surface area contributed by atoms with Crippen LogP contribution in [-0.2, 0) is 11.2 Å². The summed E-state index contributed by atoms with van der Waals surface area (Å²) in [5.41, 5.74) is 7.48. The van der Waals surface area contributed by atoms with Crippen molar-refractivity contribution in [2.24, 2.45) is 0 Å². The third kappa shape index (κ3) is 3.59. The first-order valence-electron chi connectivity index (χ1n) is 9.87. The minimum absolute atomic E-state index is 0.146. The van der Waals surface area contributed by atoms with E-state index in [-0.39, 0.29) is 12.3 Å². The summed E-state index contributed by atoms with van der Waals surface area (Å²) in [4.78, 5) is 16.9. The monoisotopic (exact) mass is 412 g/mol. The Kier molecular flexibility index (Phi) is 4.59. The van der Waals surface area contributed by atoms with Gasteiger partial charge in [-0.2, -0.15) is 5.10 Å². The first kappa shape index (κ1) is 18.8. The van der Waals surface area contributed by atoms with Gasteiger partial charge in [-0.15, -0.1) is 0 Å². The quantitative estimate of drug-likeness (QED) is 0.450. The van der Waals surface area contributed by atoms with Gasteiger partial charge in [0, 0.05) is 23.0 Å². The number of anilines is 1. The number of imidazole rings is 1. The summed E-state index contributed by atoms with van der Waals surface area (Å²) in [6.07, 6.45) is 5.70. The number of aromatic amines is 1. The predicted molar refractivity (Wildman–Crippen MR) is 117 cm³/mol. The van der Waals surface area contributed by atoms with E-state index in [0.29, 0.717) is 5.88 Å². The van der Waals surface area contributed by atoms with Crippen LogP contribution in [0.2, 0.25) is 0 Å². The van der Waals surface area contributed by atoms with E-state index in [1.54, 1.807) is 12.5 Å². The lowest BCUT2D eigenvalue weighted by Crippen LogP contribution is -2.14. The molecule has 154 valence electrons. The molecule has 5 rings (SSSR count). The molecule has 0 unspecified atom stereocenters. The van der Waals surface area contributed by atoms with Crippen LogP contribution in [0.3, 0.4) is 0 Å². The van der Waals surface area contributed by atoms with Crippen molar-refractivity contribution in [1.29, 1.82) is 0 Å². The molecule has 0 aliphatic heterocycles. The minimum Gasteiger partial charge on any atom is -0.338 e. The molecular formula is C23H20N6O2. The number of nitrogens with zero attached hydrogens (tertiary/aromatic N) is 4. The van der Waals surface area contributed by atoms with Crippen molar-refractivity contribution in [2.45, 2.75) is 20.3 Å². The Morgan fingerprint density at radius 2 is 1.97 bits per heavy atom. The summed E-state index contributed by atoms with van der Waals surface area (Å²) < 4.78 is 7.17. The van der Waals surface area contributed by atoms with Crippen molar-refractivity contribution < 1.29 is 9.32 Å². The van der Waals surface area contributed by atoms with Gasteiger partial charge in [-0.25, -0.2) is 4.98 Å². The summed E-state index contributed by atoms with van der Waals surface area (Å²) in [6.45, 7) is 3.70. The lowest BCUT2D eigenvalue weighted by Gasteiger charge is -2.07. The molecule has 0 bridgehead atoms. The van der Waals surface area contributed by atoms with Crippen molar-refractivity contribution in [3.05, 3.63) is 78.0 Å². The highest BCUT2D eigenvalue weighted by atomic mass is 16.5. The predicted octanol–water partition coefficient (Wildman–Crippen LogP) is 4.20. The van der Waals surface area contributed by atoms with E-state index in [1.165, 1.54) is 0 Å². The van der Waals surface area contributed by atoms with Crippen LogP contribution in [-0.4, -0.2) is 30.8 Å². The Morgan fingerprint density at radius 1 is 1.13 bits per heavy atom. The van der Waals surface area contributed by atoms with Crippen LogP contribution in [0.1, 0.15) is 16.8 Å². The van der Waals surface area contributed by atoms with E-state index in [1.807, 2.05) is 61.0 Å². The summed E-state index contributed by atoms with van der Waals surface area (Å²) in [6, 6.07) is 14.0. The second-order valence-corrected chi connectivity index (χ2v) is 7.42. The Labute approximate surface area is 177 Å². The second kappa shape index (κ2) is 7.56. The van der Waals surface area contributed by atoms with Crippen LogP contribution in [0, 0.1) is 13.8 Å². The molecule has 2 aromatic carbocycles. The van der Waals surface area contributed by atoms with E-state index in [0.717, 1.165) is 44.7 Å². The highest BCUT2D eigenvalue weighted by molar-refractivity contribution is 5.91. The summed E-state index contributed by atoms with van der Waals surface area (Å²) >= 11 is 0. The topological polar surface area (TPSA) is 102 Å². The number of amides is 1. The molecule has 0 aliphatic carbocycles. The van der Waals surface area contributed by atoms with Crippen molar-refractivity contribution in [1.82, 2.24) is 24.9 Å². The first-order chi connectivity index (χ1) is 15.1. The molecule has 2 N–H and O–H groups in total. The van der Waals surface area contributed by atoms with Gasteiger partial charge >= 0.3 is 0 Å². The maximum atomic E-state index is 12.3. The number of rotatable bonds is 5. The fourth-order valence-electron chi connectivity index (χ4n) is 3.47. The second-order valence-electron chi connectivity index (χ2n) is 7.42. The minimum atomic E-state index is -0.146. The largest absolute Gasteiger partial charge is 0.338 e. The third-order valence-corrected chi connectivity index (χ3v) is 5.37. The van der Waals surface area contributed by atoms with Crippen LogP contribution in [0.5, 0.6) is 0 Å². The molecule has 0 saturated heterocycles. The smallest absolute Gasteiger partial charge is 0.234 e. The van der Waals surface area contributed by atoms with Crippen LogP contribution in [0.15, 0.2) is 65.7 Å². The van der Waals surface area contributed by atoms with Crippen LogP contribution < -0.4 is 5.32 Å². The maximum Gasteiger partial charge on any atom is 0.234 e.